The summed E-state index contributed by atoms with van der Waals surface area (Å²) in [5, 5.41) is 0. The molecule has 18 heavy (non-hydrogen) atoms. The highest BCUT2D eigenvalue weighted by molar-refractivity contribution is 6.01. The summed E-state index contributed by atoms with van der Waals surface area (Å²) in [7, 11) is 1.48. The van der Waals surface area contributed by atoms with Crippen LogP contribution in [0.4, 0.5) is 0 Å². The molecule has 0 spiro atoms. The Kier molecular flexibility index (Phi) is 3.91. The first-order valence-electron chi connectivity index (χ1n) is 5.53. The van der Waals surface area contributed by atoms with Crippen LogP contribution in [0.3, 0.4) is 0 Å². The molecule has 0 N–H and O–H groups in total. The van der Waals surface area contributed by atoms with Gasteiger partial charge in [-0.3, -0.25) is 4.79 Å². The van der Waals surface area contributed by atoms with Gasteiger partial charge in [-0.2, -0.15) is 0 Å². The van der Waals surface area contributed by atoms with Gasteiger partial charge in [0.2, 0.25) is 5.90 Å². The first-order valence-corrected chi connectivity index (χ1v) is 5.53. The Hall–Kier alpha value is -2.36. The number of methoxy groups -OCH3 is 1. The van der Waals surface area contributed by atoms with E-state index in [4.69, 9.17) is 9.47 Å². The number of nitrogens with zero attached hydrogens (tertiary/aromatic N) is 1. The normalized spacial score (nSPS) is 17.8. The number of aliphatic imine (C=N–C) groups is 1. The molecule has 1 aromatic carbocycles. The third-order valence-electron chi connectivity index (χ3n) is 2.39. The van der Waals surface area contributed by atoms with Gasteiger partial charge in [0.05, 0.1) is 7.11 Å². The molecule has 0 aliphatic carbocycles. The number of carbonyl (C=O) groups is 1. The molecule has 0 saturated carbocycles. The fourth-order valence-corrected chi connectivity index (χ4v) is 1.53. The number of allylic oxidation sites excluding steroid dienone is 2. The van der Waals surface area contributed by atoms with Gasteiger partial charge in [-0.05, 0) is 18.2 Å². The molecule has 0 aromatic heterocycles. The van der Waals surface area contributed by atoms with Gasteiger partial charge in [0, 0.05) is 6.20 Å². The smallest absolute Gasteiger partial charge is 0.327 e. The van der Waals surface area contributed by atoms with Crippen molar-refractivity contribution in [3.8, 4) is 5.75 Å². The van der Waals surface area contributed by atoms with E-state index in [2.05, 4.69) is 4.99 Å². The molecule has 1 unspecified atom stereocenters. The number of benzene rings is 1. The van der Waals surface area contributed by atoms with Gasteiger partial charge in [-0.15, -0.1) is 0 Å². The molecule has 0 saturated heterocycles. The number of carbonyl (C=O) groups excluding carboxylic acids is 1. The van der Waals surface area contributed by atoms with E-state index in [1.807, 2.05) is 6.07 Å². The molecule has 92 valence electrons. The summed E-state index contributed by atoms with van der Waals surface area (Å²) in [5.41, 5.74) is 0. The van der Waals surface area contributed by atoms with Crippen LogP contribution in [0.5, 0.6) is 5.75 Å². The lowest BCUT2D eigenvalue weighted by atomic mass is 10.1. The number of para-hydroxylation sites is 1. The van der Waals surface area contributed by atoms with Gasteiger partial charge in [-0.1, -0.05) is 30.4 Å². The van der Waals surface area contributed by atoms with Gasteiger partial charge in [0.25, 0.3) is 0 Å². The third-order valence-corrected chi connectivity index (χ3v) is 2.39. The second-order valence-corrected chi connectivity index (χ2v) is 3.61. The zero-order valence-electron chi connectivity index (χ0n) is 9.95. The average molecular weight is 243 g/mol. The van der Waals surface area contributed by atoms with E-state index >= 15 is 0 Å². The van der Waals surface area contributed by atoms with Crippen molar-refractivity contribution in [1.82, 2.24) is 0 Å². The summed E-state index contributed by atoms with van der Waals surface area (Å²) in [6.07, 6.45) is 6.74. The molecule has 1 heterocycles. The van der Waals surface area contributed by atoms with Crippen molar-refractivity contribution in [3.05, 3.63) is 54.8 Å². The molecule has 1 aliphatic heterocycles. The zero-order chi connectivity index (χ0) is 12.8. The molecule has 1 atom stereocenters. The lowest BCUT2D eigenvalue weighted by Crippen LogP contribution is -2.27. The van der Waals surface area contributed by atoms with E-state index in [0.717, 1.165) is 0 Å². The van der Waals surface area contributed by atoms with Crippen LogP contribution >= 0.6 is 0 Å². The topological polar surface area (TPSA) is 47.9 Å². The van der Waals surface area contributed by atoms with E-state index in [0.29, 0.717) is 11.6 Å². The van der Waals surface area contributed by atoms with E-state index < -0.39 is 11.9 Å². The van der Waals surface area contributed by atoms with Crippen molar-refractivity contribution in [3.63, 3.8) is 0 Å². The van der Waals surface area contributed by atoms with Crippen LogP contribution in [-0.4, -0.2) is 19.0 Å². The number of hydrogen-bond acceptors (Lipinski definition) is 4. The maximum atomic E-state index is 12.0. The van der Waals surface area contributed by atoms with Crippen LogP contribution in [-0.2, 0) is 9.53 Å². The fraction of sp³-hybridized carbons (Fsp3) is 0.143. The molecule has 1 aromatic rings. The summed E-state index contributed by atoms with van der Waals surface area (Å²) >= 11 is 0. The summed E-state index contributed by atoms with van der Waals surface area (Å²) in [6, 6.07) is 8.91. The summed E-state index contributed by atoms with van der Waals surface area (Å²) in [5.74, 6) is -0.212. The molecule has 0 amide bonds. The predicted octanol–water partition coefficient (Wildman–Crippen LogP) is 2.34. The van der Waals surface area contributed by atoms with Crippen molar-refractivity contribution in [2.75, 3.05) is 7.11 Å². The molecule has 2 rings (SSSR count). The Bertz CT molecular complexity index is 503. The first kappa shape index (κ1) is 12.1. The Balaban J connectivity index is 2.13. The SMILES string of the molecule is COC1=NC=CC=CC1C(=O)Oc1ccccc1. The molecule has 4 nitrogen and oxygen atoms in total. The van der Waals surface area contributed by atoms with E-state index in [9.17, 15) is 4.79 Å². The standard InChI is InChI=1S/C14H13NO3/c1-17-13-12(9-5-6-10-15-13)14(16)18-11-7-3-2-4-8-11/h2-10,12H,1H3. The number of esters is 1. The minimum Gasteiger partial charge on any atom is -0.483 e. The molecular weight excluding hydrogens is 230 g/mol. The average Bonchev–Trinajstić information content (AvgIpc) is 2.64. The third kappa shape index (κ3) is 2.85. The van der Waals surface area contributed by atoms with Gasteiger partial charge < -0.3 is 9.47 Å². The summed E-state index contributed by atoms with van der Waals surface area (Å²) in [6.45, 7) is 0. The van der Waals surface area contributed by atoms with Crippen LogP contribution in [0.15, 0.2) is 59.8 Å². The fourth-order valence-electron chi connectivity index (χ4n) is 1.53. The molecule has 4 heteroatoms. The highest BCUT2D eigenvalue weighted by Gasteiger charge is 2.25. The molecule has 0 bridgehead atoms. The lowest BCUT2D eigenvalue weighted by molar-refractivity contribution is -0.135. The Morgan fingerprint density at radius 3 is 2.72 bits per heavy atom. The van der Waals surface area contributed by atoms with Crippen molar-refractivity contribution in [2.24, 2.45) is 10.9 Å². The van der Waals surface area contributed by atoms with Crippen molar-refractivity contribution in [1.29, 1.82) is 0 Å². The molecule has 0 radical (unpaired) electrons. The van der Waals surface area contributed by atoms with Crippen molar-refractivity contribution >= 4 is 11.9 Å². The van der Waals surface area contributed by atoms with Crippen molar-refractivity contribution < 1.29 is 14.3 Å². The number of rotatable bonds is 2. The summed E-state index contributed by atoms with van der Waals surface area (Å²) in [4.78, 5) is 16.1. The van der Waals surface area contributed by atoms with Gasteiger partial charge in [0.1, 0.15) is 5.75 Å². The maximum Gasteiger partial charge on any atom is 0.327 e. The van der Waals surface area contributed by atoms with Gasteiger partial charge in [0.15, 0.2) is 5.92 Å². The van der Waals surface area contributed by atoms with E-state index in [-0.39, 0.29) is 0 Å². The van der Waals surface area contributed by atoms with E-state index in [1.54, 1.807) is 48.7 Å². The first-order chi connectivity index (χ1) is 8.81. The largest absolute Gasteiger partial charge is 0.483 e. The number of hydrogen-bond donors (Lipinski definition) is 0. The minimum atomic E-state index is -0.620. The van der Waals surface area contributed by atoms with E-state index in [1.165, 1.54) is 7.11 Å². The van der Waals surface area contributed by atoms with Crippen LogP contribution in [0, 0.1) is 5.92 Å². The maximum absolute atomic E-state index is 12.0. The second-order valence-electron chi connectivity index (χ2n) is 3.61. The Labute approximate surface area is 105 Å². The Morgan fingerprint density at radius 2 is 2.00 bits per heavy atom. The van der Waals surface area contributed by atoms with Gasteiger partial charge >= 0.3 is 5.97 Å². The molecular formula is C14H13NO3. The van der Waals surface area contributed by atoms with Crippen LogP contribution < -0.4 is 4.74 Å². The minimum absolute atomic E-state index is 0.320. The second kappa shape index (κ2) is 5.82. The molecule has 1 aliphatic rings. The van der Waals surface area contributed by atoms with Crippen LogP contribution in [0.2, 0.25) is 0 Å². The lowest BCUT2D eigenvalue weighted by Gasteiger charge is -2.12. The highest BCUT2D eigenvalue weighted by atomic mass is 16.5. The zero-order valence-corrected chi connectivity index (χ0v) is 9.95. The predicted molar refractivity (Wildman–Crippen MR) is 68.3 cm³/mol. The van der Waals surface area contributed by atoms with Gasteiger partial charge in [-0.25, -0.2) is 4.99 Å². The Morgan fingerprint density at radius 1 is 1.22 bits per heavy atom. The summed E-state index contributed by atoms with van der Waals surface area (Å²) < 4.78 is 10.4. The monoisotopic (exact) mass is 243 g/mol. The van der Waals surface area contributed by atoms with Crippen LogP contribution in [0.1, 0.15) is 0 Å². The highest BCUT2D eigenvalue weighted by Crippen LogP contribution is 2.15. The van der Waals surface area contributed by atoms with Crippen LogP contribution in [0.25, 0.3) is 0 Å². The molecule has 0 fully saturated rings. The number of ether oxygens (including phenoxy) is 2. The quantitative estimate of drug-likeness (QED) is 0.591. The van der Waals surface area contributed by atoms with Crippen molar-refractivity contribution in [2.45, 2.75) is 0 Å².